The molecule has 1 saturated carbocycles. The molecule has 2 aliphatic rings. The smallest absolute Gasteiger partial charge is 0.492 e. The summed E-state index contributed by atoms with van der Waals surface area (Å²) in [5.74, 6) is 0.715. The van der Waals surface area contributed by atoms with Crippen LogP contribution in [0.25, 0.3) is 5.65 Å². The van der Waals surface area contributed by atoms with E-state index in [1.807, 2.05) is 53.9 Å². The lowest BCUT2D eigenvalue weighted by molar-refractivity contribution is -0.274. The van der Waals surface area contributed by atoms with Crippen LogP contribution >= 0.6 is 0 Å². The van der Waals surface area contributed by atoms with E-state index in [0.717, 1.165) is 73.0 Å². The van der Waals surface area contributed by atoms with E-state index < -0.39 is 6.36 Å². The first-order valence-electron chi connectivity index (χ1n) is 14.1. The van der Waals surface area contributed by atoms with Gasteiger partial charge in [0, 0.05) is 49.7 Å². The van der Waals surface area contributed by atoms with Gasteiger partial charge in [0.1, 0.15) is 29.4 Å². The molecule has 3 heterocycles. The number of carbonyl (C=O) groups is 1. The number of aromatic nitrogens is 2. The van der Waals surface area contributed by atoms with Gasteiger partial charge in [-0.25, -0.2) is 4.98 Å². The lowest BCUT2D eigenvalue weighted by atomic mass is 10.2. The van der Waals surface area contributed by atoms with Gasteiger partial charge in [-0.05, 0) is 79.9 Å². The number of benzene rings is 2. The third kappa shape index (κ3) is 6.40. The average Bonchev–Trinajstić information content (AvgIpc) is 3.75. The van der Waals surface area contributed by atoms with Gasteiger partial charge < -0.3 is 24.6 Å². The Labute approximate surface area is 241 Å². The number of rotatable bonds is 9. The van der Waals surface area contributed by atoms with E-state index in [4.69, 9.17) is 9.72 Å². The van der Waals surface area contributed by atoms with Crippen LogP contribution < -0.4 is 24.6 Å². The summed E-state index contributed by atoms with van der Waals surface area (Å²) in [7, 11) is 0. The zero-order chi connectivity index (χ0) is 29.3. The molecule has 220 valence electrons. The molecule has 4 aromatic rings. The zero-order valence-electron chi connectivity index (χ0n) is 23.2. The number of carbonyl (C=O) groups excluding carboxylic acids is 1. The van der Waals surface area contributed by atoms with E-state index in [1.165, 1.54) is 12.1 Å². The van der Waals surface area contributed by atoms with Crippen molar-refractivity contribution in [2.75, 3.05) is 49.1 Å². The minimum Gasteiger partial charge on any atom is -0.492 e. The second kappa shape index (κ2) is 11.5. The first-order valence-corrected chi connectivity index (χ1v) is 14.1. The maximum atomic E-state index is 13.1. The SMILES string of the molecule is Cc1ccc2nc(C3CC3)c(C(=O)NCCOc3ccc(N4CCN(c5ccc(OC(F)(F)F)cc5)CC4)cc3)n2c1. The minimum absolute atomic E-state index is 0.140. The second-order valence-electron chi connectivity index (χ2n) is 10.7. The first kappa shape index (κ1) is 27.7. The molecule has 2 fully saturated rings. The van der Waals surface area contributed by atoms with E-state index in [9.17, 15) is 18.0 Å². The average molecular weight is 580 g/mol. The Morgan fingerprint density at radius 1 is 0.905 bits per heavy atom. The molecular weight excluding hydrogens is 547 g/mol. The summed E-state index contributed by atoms with van der Waals surface area (Å²) in [6, 6.07) is 17.8. The molecule has 1 aliphatic carbocycles. The Bertz CT molecular complexity index is 1540. The van der Waals surface area contributed by atoms with Crippen molar-refractivity contribution in [3.8, 4) is 11.5 Å². The van der Waals surface area contributed by atoms with Crippen molar-refractivity contribution in [2.45, 2.75) is 32.0 Å². The van der Waals surface area contributed by atoms with Crippen molar-refractivity contribution >= 4 is 22.9 Å². The van der Waals surface area contributed by atoms with Crippen molar-refractivity contribution in [1.29, 1.82) is 0 Å². The highest BCUT2D eigenvalue weighted by Gasteiger charge is 2.33. The number of hydrogen-bond donors (Lipinski definition) is 1. The highest BCUT2D eigenvalue weighted by atomic mass is 19.4. The highest BCUT2D eigenvalue weighted by Crippen LogP contribution is 2.41. The number of ether oxygens (including phenoxy) is 2. The number of alkyl halides is 3. The lowest BCUT2D eigenvalue weighted by Gasteiger charge is -2.37. The van der Waals surface area contributed by atoms with Crippen molar-refractivity contribution in [3.63, 3.8) is 0 Å². The predicted octanol–water partition coefficient (Wildman–Crippen LogP) is 5.55. The number of pyridine rings is 1. The standard InChI is InChI=1S/C31H32F3N5O3/c1-21-2-13-27-36-28(22-3-4-22)29(39(27)20-21)30(40)35-14-19-41-25-9-5-23(6-10-25)37-15-17-38(18-16-37)24-7-11-26(12-8-24)42-31(32,33)34/h2,5-13,20,22H,3-4,14-19H2,1H3,(H,35,40). The van der Waals surface area contributed by atoms with Gasteiger partial charge in [0.25, 0.3) is 5.91 Å². The molecule has 0 atom stereocenters. The summed E-state index contributed by atoms with van der Waals surface area (Å²) in [5.41, 5.74) is 5.29. The van der Waals surface area contributed by atoms with E-state index in [-0.39, 0.29) is 11.7 Å². The van der Waals surface area contributed by atoms with Crippen LogP contribution in [-0.4, -0.2) is 61.0 Å². The van der Waals surface area contributed by atoms with Crippen LogP contribution in [0, 0.1) is 6.92 Å². The van der Waals surface area contributed by atoms with Crippen molar-refractivity contribution in [2.24, 2.45) is 0 Å². The monoisotopic (exact) mass is 579 g/mol. The van der Waals surface area contributed by atoms with Crippen LogP contribution in [0.15, 0.2) is 66.9 Å². The molecule has 0 spiro atoms. The van der Waals surface area contributed by atoms with Gasteiger partial charge in [-0.3, -0.25) is 9.20 Å². The van der Waals surface area contributed by atoms with Crippen LogP contribution in [0.2, 0.25) is 0 Å². The van der Waals surface area contributed by atoms with Crippen LogP contribution in [-0.2, 0) is 0 Å². The van der Waals surface area contributed by atoms with Crippen LogP contribution in [0.3, 0.4) is 0 Å². The maximum absolute atomic E-state index is 13.1. The molecule has 0 bridgehead atoms. The highest BCUT2D eigenvalue weighted by molar-refractivity contribution is 5.95. The lowest BCUT2D eigenvalue weighted by Crippen LogP contribution is -2.46. The Hall–Kier alpha value is -4.41. The van der Waals surface area contributed by atoms with Crippen LogP contribution in [0.4, 0.5) is 24.5 Å². The maximum Gasteiger partial charge on any atom is 0.573 e. The number of nitrogens with zero attached hydrogens (tertiary/aromatic N) is 4. The van der Waals surface area contributed by atoms with Gasteiger partial charge in [-0.2, -0.15) is 0 Å². The Balaban J connectivity index is 0.971. The molecule has 1 N–H and O–H groups in total. The summed E-state index contributed by atoms with van der Waals surface area (Å²) < 4.78 is 48.9. The number of halogens is 3. The van der Waals surface area contributed by atoms with Crippen LogP contribution in [0.1, 0.15) is 40.5 Å². The van der Waals surface area contributed by atoms with E-state index in [1.54, 1.807) is 12.1 Å². The topological polar surface area (TPSA) is 71.3 Å². The molecule has 11 heteroatoms. The Kier molecular flexibility index (Phi) is 7.57. The number of aryl methyl sites for hydroxylation is 1. The zero-order valence-corrected chi connectivity index (χ0v) is 23.2. The molecule has 6 rings (SSSR count). The molecule has 1 saturated heterocycles. The second-order valence-corrected chi connectivity index (χ2v) is 10.7. The van der Waals surface area contributed by atoms with Gasteiger partial charge in [-0.15, -0.1) is 13.2 Å². The van der Waals surface area contributed by atoms with E-state index in [2.05, 4.69) is 19.9 Å². The first-order chi connectivity index (χ1) is 20.2. The summed E-state index contributed by atoms with van der Waals surface area (Å²) in [4.78, 5) is 22.2. The van der Waals surface area contributed by atoms with E-state index >= 15 is 0 Å². The van der Waals surface area contributed by atoms with Gasteiger partial charge in [-0.1, -0.05) is 6.07 Å². The largest absolute Gasteiger partial charge is 0.573 e. The third-order valence-electron chi connectivity index (χ3n) is 7.55. The van der Waals surface area contributed by atoms with Crippen molar-refractivity contribution < 1.29 is 27.4 Å². The number of anilines is 2. The fourth-order valence-electron chi connectivity index (χ4n) is 5.29. The number of imidazole rings is 1. The number of fused-ring (bicyclic) bond motifs is 1. The van der Waals surface area contributed by atoms with Crippen LogP contribution in [0.5, 0.6) is 11.5 Å². The van der Waals surface area contributed by atoms with Gasteiger partial charge in [0.15, 0.2) is 0 Å². The minimum atomic E-state index is -4.70. The Morgan fingerprint density at radius 2 is 1.50 bits per heavy atom. The fourth-order valence-corrected chi connectivity index (χ4v) is 5.29. The number of hydrogen-bond acceptors (Lipinski definition) is 6. The molecule has 1 aliphatic heterocycles. The Morgan fingerprint density at radius 3 is 2.07 bits per heavy atom. The van der Waals surface area contributed by atoms with Gasteiger partial charge in [0.2, 0.25) is 0 Å². The molecule has 0 radical (unpaired) electrons. The molecule has 42 heavy (non-hydrogen) atoms. The molecule has 1 amide bonds. The van der Waals surface area contributed by atoms with Crippen molar-refractivity contribution in [3.05, 3.63) is 83.8 Å². The fraction of sp³-hybridized carbons (Fsp3) is 0.355. The number of piperazine rings is 1. The van der Waals surface area contributed by atoms with Gasteiger partial charge >= 0.3 is 6.36 Å². The molecule has 2 aromatic heterocycles. The summed E-state index contributed by atoms with van der Waals surface area (Å²) >= 11 is 0. The quantitative estimate of drug-likeness (QED) is 0.262. The van der Waals surface area contributed by atoms with Gasteiger partial charge in [0.05, 0.1) is 12.2 Å². The predicted molar refractivity (Wildman–Crippen MR) is 154 cm³/mol. The van der Waals surface area contributed by atoms with Crippen molar-refractivity contribution in [1.82, 2.24) is 14.7 Å². The normalized spacial score (nSPS) is 15.6. The summed E-state index contributed by atoms with van der Waals surface area (Å²) in [5, 5.41) is 2.99. The van der Waals surface area contributed by atoms with E-state index in [0.29, 0.717) is 24.8 Å². The molecule has 8 nitrogen and oxygen atoms in total. The summed E-state index contributed by atoms with van der Waals surface area (Å²) in [6.45, 7) is 5.75. The molecular formula is C31H32F3N5O3. The number of nitrogens with one attached hydrogen (secondary N) is 1. The summed E-state index contributed by atoms with van der Waals surface area (Å²) in [6.07, 6.45) is -0.611. The molecule has 2 aromatic carbocycles. The third-order valence-corrected chi connectivity index (χ3v) is 7.55. The number of amides is 1. The molecule has 0 unspecified atom stereocenters.